The number of hydrogen-bond acceptors (Lipinski definition) is 2. The maximum absolute atomic E-state index is 13.1. The molecule has 0 aliphatic rings. The summed E-state index contributed by atoms with van der Waals surface area (Å²) in [5.74, 6) is -1.79. The first-order valence-electron chi connectivity index (χ1n) is 6.99. The van der Waals surface area contributed by atoms with Gasteiger partial charge < -0.3 is 10.1 Å². The molecule has 2 aromatic rings. The summed E-state index contributed by atoms with van der Waals surface area (Å²) >= 11 is 0. The van der Waals surface area contributed by atoms with Gasteiger partial charge in [0.05, 0.1) is 0 Å². The summed E-state index contributed by atoms with van der Waals surface area (Å²) in [5.41, 5.74) is 1.28. The highest BCUT2D eigenvalue weighted by Gasteiger charge is 2.19. The summed E-state index contributed by atoms with van der Waals surface area (Å²) in [6.07, 6.45) is -0.264. The Labute approximate surface area is 127 Å². The van der Waals surface area contributed by atoms with E-state index in [0.717, 1.165) is 17.7 Å². The molecule has 0 aliphatic carbocycles. The Kier molecular flexibility index (Phi) is 5.09. The van der Waals surface area contributed by atoms with Crippen molar-refractivity contribution in [3.8, 4) is 5.75 Å². The number of amides is 1. The Hall–Kier alpha value is -2.43. The van der Waals surface area contributed by atoms with Crippen LogP contribution in [0, 0.1) is 18.6 Å². The van der Waals surface area contributed by atoms with E-state index in [-0.39, 0.29) is 5.69 Å². The molecule has 0 spiro atoms. The number of carbonyl (C=O) groups excluding carboxylic acids is 1. The largest absolute Gasteiger partial charge is 0.481 e. The summed E-state index contributed by atoms with van der Waals surface area (Å²) in [6, 6.07) is 10.5. The quantitative estimate of drug-likeness (QED) is 0.904. The molecule has 1 amide bonds. The molecule has 2 aromatic carbocycles. The third kappa shape index (κ3) is 4.04. The highest BCUT2D eigenvalue weighted by molar-refractivity contribution is 5.94. The van der Waals surface area contributed by atoms with Crippen molar-refractivity contribution in [1.29, 1.82) is 0 Å². The fourth-order valence-electron chi connectivity index (χ4n) is 1.90. The highest BCUT2D eigenvalue weighted by Crippen LogP contribution is 2.17. The number of rotatable bonds is 5. The van der Waals surface area contributed by atoms with Crippen molar-refractivity contribution >= 4 is 11.6 Å². The molecule has 0 unspecified atom stereocenters. The van der Waals surface area contributed by atoms with Crippen molar-refractivity contribution in [2.75, 3.05) is 5.32 Å². The number of carbonyl (C=O) groups is 1. The smallest absolute Gasteiger partial charge is 0.265 e. The van der Waals surface area contributed by atoms with Crippen LogP contribution < -0.4 is 10.1 Å². The molecule has 0 saturated heterocycles. The van der Waals surface area contributed by atoms with Gasteiger partial charge in [0.25, 0.3) is 5.91 Å². The van der Waals surface area contributed by atoms with E-state index in [1.807, 2.05) is 26.0 Å². The van der Waals surface area contributed by atoms with Gasteiger partial charge in [-0.1, -0.05) is 24.6 Å². The zero-order valence-electron chi connectivity index (χ0n) is 12.4. The Bertz CT molecular complexity index is 656. The monoisotopic (exact) mass is 305 g/mol. The molecule has 1 atom stereocenters. The number of anilines is 1. The Morgan fingerprint density at radius 1 is 1.14 bits per heavy atom. The number of nitrogens with one attached hydrogen (secondary N) is 1. The molecule has 0 fully saturated rings. The number of benzene rings is 2. The van der Waals surface area contributed by atoms with Gasteiger partial charge in [0, 0.05) is 11.8 Å². The van der Waals surface area contributed by atoms with Gasteiger partial charge >= 0.3 is 0 Å². The lowest BCUT2D eigenvalue weighted by atomic mass is 10.2. The molecule has 0 aliphatic heterocycles. The Morgan fingerprint density at radius 3 is 2.41 bits per heavy atom. The van der Waals surface area contributed by atoms with Gasteiger partial charge in [0.2, 0.25) is 0 Å². The van der Waals surface area contributed by atoms with Crippen LogP contribution in [0.25, 0.3) is 0 Å². The third-order valence-corrected chi connectivity index (χ3v) is 3.15. The summed E-state index contributed by atoms with van der Waals surface area (Å²) in [5, 5.41) is 2.52. The second kappa shape index (κ2) is 7.02. The molecule has 5 heteroatoms. The average Bonchev–Trinajstić information content (AvgIpc) is 2.50. The molecular weight excluding hydrogens is 288 g/mol. The molecule has 3 nitrogen and oxygen atoms in total. The van der Waals surface area contributed by atoms with Gasteiger partial charge in [-0.15, -0.1) is 0 Å². The van der Waals surface area contributed by atoms with Gasteiger partial charge in [-0.2, -0.15) is 0 Å². The SMILES string of the molecule is CC[C@H](Oc1ccc(C)cc1)C(=O)Nc1ccc(F)c(F)c1. The molecule has 0 aromatic heterocycles. The number of hydrogen-bond donors (Lipinski definition) is 1. The van der Waals surface area contributed by atoms with Crippen LogP contribution in [0.3, 0.4) is 0 Å². The number of ether oxygens (including phenoxy) is 1. The normalized spacial score (nSPS) is 11.8. The van der Waals surface area contributed by atoms with Gasteiger partial charge in [-0.25, -0.2) is 8.78 Å². The predicted molar refractivity (Wildman–Crippen MR) is 80.9 cm³/mol. The van der Waals surface area contributed by atoms with Gasteiger partial charge in [0.1, 0.15) is 5.75 Å². The second-order valence-corrected chi connectivity index (χ2v) is 4.95. The van der Waals surface area contributed by atoms with Crippen LogP contribution in [-0.4, -0.2) is 12.0 Å². The van der Waals surface area contributed by atoms with Crippen LogP contribution in [0.2, 0.25) is 0 Å². The van der Waals surface area contributed by atoms with Gasteiger partial charge in [0.15, 0.2) is 17.7 Å². The summed E-state index contributed by atoms with van der Waals surface area (Å²) < 4.78 is 31.6. The first kappa shape index (κ1) is 15.9. The van der Waals surface area contributed by atoms with Crippen LogP contribution >= 0.6 is 0 Å². The second-order valence-electron chi connectivity index (χ2n) is 4.95. The van der Waals surface area contributed by atoms with Crippen molar-refractivity contribution in [3.63, 3.8) is 0 Å². The van der Waals surface area contributed by atoms with E-state index in [4.69, 9.17) is 4.74 Å². The van der Waals surface area contributed by atoms with E-state index >= 15 is 0 Å². The average molecular weight is 305 g/mol. The van der Waals surface area contributed by atoms with Crippen molar-refractivity contribution in [3.05, 3.63) is 59.7 Å². The Morgan fingerprint density at radius 2 is 1.82 bits per heavy atom. The predicted octanol–water partition coefficient (Wildman–Crippen LogP) is 4.07. The van der Waals surface area contributed by atoms with Crippen molar-refractivity contribution in [2.45, 2.75) is 26.4 Å². The topological polar surface area (TPSA) is 38.3 Å². The molecule has 0 heterocycles. The maximum Gasteiger partial charge on any atom is 0.265 e. The standard InChI is InChI=1S/C17H17F2NO2/c1-3-16(22-13-7-4-11(2)5-8-13)17(21)20-12-6-9-14(18)15(19)10-12/h4-10,16H,3H2,1-2H3,(H,20,21)/t16-/m0/s1. The molecule has 1 N–H and O–H groups in total. The van der Waals surface area contributed by atoms with E-state index in [1.165, 1.54) is 6.07 Å². The fraction of sp³-hybridized carbons (Fsp3) is 0.235. The molecule has 2 rings (SSSR count). The molecule has 116 valence electrons. The van der Waals surface area contributed by atoms with Crippen LogP contribution in [0.1, 0.15) is 18.9 Å². The van der Waals surface area contributed by atoms with E-state index in [1.54, 1.807) is 12.1 Å². The van der Waals surface area contributed by atoms with Crippen molar-refractivity contribution in [2.24, 2.45) is 0 Å². The zero-order chi connectivity index (χ0) is 16.1. The first-order valence-corrected chi connectivity index (χ1v) is 6.99. The molecule has 0 radical (unpaired) electrons. The Balaban J connectivity index is 2.04. The molecule has 0 saturated carbocycles. The van der Waals surface area contributed by atoms with Crippen molar-refractivity contribution in [1.82, 2.24) is 0 Å². The van der Waals surface area contributed by atoms with E-state index < -0.39 is 23.6 Å². The fourth-order valence-corrected chi connectivity index (χ4v) is 1.90. The van der Waals surface area contributed by atoms with Crippen molar-refractivity contribution < 1.29 is 18.3 Å². The van der Waals surface area contributed by atoms with E-state index in [9.17, 15) is 13.6 Å². The van der Waals surface area contributed by atoms with Crippen LogP contribution in [0.4, 0.5) is 14.5 Å². The minimum Gasteiger partial charge on any atom is -0.481 e. The van der Waals surface area contributed by atoms with Crippen LogP contribution in [0.15, 0.2) is 42.5 Å². The lowest BCUT2D eigenvalue weighted by Gasteiger charge is -2.17. The van der Waals surface area contributed by atoms with E-state index in [0.29, 0.717) is 12.2 Å². The molecule has 0 bridgehead atoms. The third-order valence-electron chi connectivity index (χ3n) is 3.15. The van der Waals surface area contributed by atoms with Crippen LogP contribution in [-0.2, 0) is 4.79 Å². The van der Waals surface area contributed by atoms with Crippen LogP contribution in [0.5, 0.6) is 5.75 Å². The number of halogens is 2. The molecule has 22 heavy (non-hydrogen) atoms. The summed E-state index contributed by atoms with van der Waals surface area (Å²) in [7, 11) is 0. The lowest BCUT2D eigenvalue weighted by molar-refractivity contribution is -0.122. The number of aryl methyl sites for hydroxylation is 1. The minimum atomic E-state index is -1.01. The zero-order valence-corrected chi connectivity index (χ0v) is 12.4. The maximum atomic E-state index is 13.1. The summed E-state index contributed by atoms with van der Waals surface area (Å²) in [6.45, 7) is 3.76. The molecular formula is C17H17F2NO2. The van der Waals surface area contributed by atoms with Gasteiger partial charge in [-0.05, 0) is 37.6 Å². The summed E-state index contributed by atoms with van der Waals surface area (Å²) in [4.78, 5) is 12.2. The lowest BCUT2D eigenvalue weighted by Crippen LogP contribution is -2.32. The highest BCUT2D eigenvalue weighted by atomic mass is 19.2. The first-order chi connectivity index (χ1) is 10.5. The minimum absolute atomic E-state index is 0.190. The van der Waals surface area contributed by atoms with E-state index in [2.05, 4.69) is 5.32 Å². The van der Waals surface area contributed by atoms with Gasteiger partial charge in [-0.3, -0.25) is 4.79 Å².